The molecule has 82 valence electrons. The number of aromatic nitrogens is 1. The number of sulfone groups is 1. The number of nitrogens with zero attached hydrogens (tertiary/aromatic N) is 1. The molecule has 1 aromatic heterocycles. The summed E-state index contributed by atoms with van der Waals surface area (Å²) >= 11 is 3.25. The number of halogens is 1. The maximum atomic E-state index is 10.9. The summed E-state index contributed by atoms with van der Waals surface area (Å²) < 4.78 is 22.6. The maximum absolute atomic E-state index is 10.9. The zero-order valence-corrected chi connectivity index (χ0v) is 10.4. The van der Waals surface area contributed by atoms with E-state index < -0.39 is 9.84 Å². The predicted octanol–water partition coefficient (Wildman–Crippen LogP) is 0.731. The molecule has 0 bridgehead atoms. The normalized spacial score (nSPS) is 19.8. The summed E-state index contributed by atoms with van der Waals surface area (Å²) in [5, 5.41) is 3.18. The molecule has 6 heteroatoms. The molecule has 15 heavy (non-hydrogen) atoms. The Morgan fingerprint density at radius 2 is 2.20 bits per heavy atom. The maximum Gasteiger partial charge on any atom is 0.153 e. The van der Waals surface area contributed by atoms with Crippen LogP contribution in [0.5, 0.6) is 0 Å². The van der Waals surface area contributed by atoms with E-state index in [0.717, 1.165) is 10.2 Å². The summed E-state index contributed by atoms with van der Waals surface area (Å²) in [4.78, 5) is 4.09. The third-order valence-electron chi connectivity index (χ3n) is 2.29. The van der Waals surface area contributed by atoms with Crippen LogP contribution in [0.1, 0.15) is 5.56 Å². The Hall–Kier alpha value is -0.460. The van der Waals surface area contributed by atoms with Crippen molar-refractivity contribution in [2.24, 2.45) is 0 Å². The van der Waals surface area contributed by atoms with Crippen molar-refractivity contribution in [3.05, 3.63) is 28.5 Å². The van der Waals surface area contributed by atoms with Crippen molar-refractivity contribution in [1.82, 2.24) is 10.3 Å². The van der Waals surface area contributed by atoms with Crippen LogP contribution < -0.4 is 5.32 Å². The fourth-order valence-corrected chi connectivity index (χ4v) is 3.05. The lowest BCUT2D eigenvalue weighted by Crippen LogP contribution is -2.50. The number of rotatable bonds is 3. The minimum absolute atomic E-state index is 0.110. The van der Waals surface area contributed by atoms with Gasteiger partial charge in [0, 0.05) is 18.8 Å². The third kappa shape index (κ3) is 2.99. The molecular weight excluding hydrogens is 280 g/mol. The Morgan fingerprint density at radius 3 is 2.73 bits per heavy atom. The van der Waals surface area contributed by atoms with Gasteiger partial charge in [0.1, 0.15) is 4.60 Å². The topological polar surface area (TPSA) is 59.1 Å². The van der Waals surface area contributed by atoms with E-state index in [9.17, 15) is 8.42 Å². The summed E-state index contributed by atoms with van der Waals surface area (Å²) in [5.74, 6) is 0.522. The molecule has 0 amide bonds. The summed E-state index contributed by atoms with van der Waals surface area (Å²) in [7, 11) is -2.73. The van der Waals surface area contributed by atoms with Crippen molar-refractivity contribution in [3.8, 4) is 0 Å². The quantitative estimate of drug-likeness (QED) is 0.834. The van der Waals surface area contributed by atoms with Gasteiger partial charge < -0.3 is 5.32 Å². The van der Waals surface area contributed by atoms with Gasteiger partial charge in [-0.2, -0.15) is 0 Å². The number of nitrogens with one attached hydrogen (secondary N) is 1. The first-order valence-electron chi connectivity index (χ1n) is 4.59. The smallest absolute Gasteiger partial charge is 0.153 e. The second-order valence-electron chi connectivity index (χ2n) is 3.64. The highest BCUT2D eigenvalue weighted by atomic mass is 79.9. The van der Waals surface area contributed by atoms with E-state index in [1.807, 2.05) is 12.1 Å². The van der Waals surface area contributed by atoms with E-state index in [4.69, 9.17) is 0 Å². The second kappa shape index (κ2) is 4.19. The van der Waals surface area contributed by atoms with Gasteiger partial charge in [0.2, 0.25) is 0 Å². The van der Waals surface area contributed by atoms with Gasteiger partial charge in [-0.25, -0.2) is 13.4 Å². The van der Waals surface area contributed by atoms with E-state index in [-0.39, 0.29) is 17.5 Å². The summed E-state index contributed by atoms with van der Waals surface area (Å²) in [6.45, 7) is 0.667. The molecule has 1 aromatic rings. The molecule has 2 rings (SSSR count). The first-order chi connectivity index (χ1) is 7.05. The standard InChI is InChI=1S/C9H11BrN2O2S/c10-9-2-1-7(4-12-9)3-11-8-5-15(13,14)6-8/h1-2,4,8,11H,3,5-6H2. The van der Waals surface area contributed by atoms with Gasteiger partial charge >= 0.3 is 0 Å². The first kappa shape index (κ1) is 11.0. The van der Waals surface area contributed by atoms with Crippen LogP contribution in [0.4, 0.5) is 0 Å². The lowest BCUT2D eigenvalue weighted by atomic mass is 10.2. The third-order valence-corrected chi connectivity index (χ3v) is 4.58. The summed E-state index contributed by atoms with van der Waals surface area (Å²) in [5.41, 5.74) is 1.06. The van der Waals surface area contributed by atoms with E-state index in [1.165, 1.54) is 0 Å². The Kier molecular flexibility index (Phi) is 3.08. The van der Waals surface area contributed by atoms with Crippen LogP contribution in [0.2, 0.25) is 0 Å². The molecule has 1 saturated heterocycles. The highest BCUT2D eigenvalue weighted by Crippen LogP contribution is 2.11. The fourth-order valence-electron chi connectivity index (χ4n) is 1.46. The molecule has 0 aliphatic carbocycles. The molecule has 1 aliphatic heterocycles. The predicted molar refractivity (Wildman–Crippen MR) is 61.2 cm³/mol. The van der Waals surface area contributed by atoms with Gasteiger partial charge in [0.15, 0.2) is 9.84 Å². The van der Waals surface area contributed by atoms with Crippen LogP contribution >= 0.6 is 15.9 Å². The van der Waals surface area contributed by atoms with E-state index in [1.54, 1.807) is 6.20 Å². The van der Waals surface area contributed by atoms with Crippen LogP contribution in [0.15, 0.2) is 22.9 Å². The molecule has 0 aromatic carbocycles. The minimum atomic E-state index is -2.73. The van der Waals surface area contributed by atoms with Crippen LogP contribution in [0.25, 0.3) is 0 Å². The van der Waals surface area contributed by atoms with Crippen molar-refractivity contribution < 1.29 is 8.42 Å². The van der Waals surface area contributed by atoms with Gasteiger partial charge in [-0.05, 0) is 27.6 Å². The van der Waals surface area contributed by atoms with Crippen LogP contribution in [0.3, 0.4) is 0 Å². The Bertz CT molecular complexity index is 432. The highest BCUT2D eigenvalue weighted by Gasteiger charge is 2.32. The Balaban J connectivity index is 1.82. The first-order valence-corrected chi connectivity index (χ1v) is 7.21. The Morgan fingerprint density at radius 1 is 1.47 bits per heavy atom. The van der Waals surface area contributed by atoms with E-state index in [2.05, 4.69) is 26.2 Å². The molecule has 4 nitrogen and oxygen atoms in total. The lowest BCUT2D eigenvalue weighted by Gasteiger charge is -2.26. The average Bonchev–Trinajstić information content (AvgIpc) is 2.14. The molecular formula is C9H11BrN2O2S. The summed E-state index contributed by atoms with van der Waals surface area (Å²) in [6, 6.07) is 3.94. The second-order valence-corrected chi connectivity index (χ2v) is 6.61. The average molecular weight is 291 g/mol. The molecule has 1 aliphatic rings. The van der Waals surface area contributed by atoms with E-state index in [0.29, 0.717) is 6.54 Å². The summed E-state index contributed by atoms with van der Waals surface area (Å²) in [6.07, 6.45) is 1.77. The van der Waals surface area contributed by atoms with Crippen molar-refractivity contribution in [1.29, 1.82) is 0 Å². The molecule has 0 spiro atoms. The monoisotopic (exact) mass is 290 g/mol. The molecule has 0 saturated carbocycles. The molecule has 1 fully saturated rings. The van der Waals surface area contributed by atoms with Crippen molar-refractivity contribution in [2.75, 3.05) is 11.5 Å². The SMILES string of the molecule is O=S1(=O)CC(NCc2ccc(Br)nc2)C1. The van der Waals surface area contributed by atoms with Crippen molar-refractivity contribution >= 4 is 25.8 Å². The fraction of sp³-hybridized carbons (Fsp3) is 0.444. The zero-order valence-electron chi connectivity index (χ0n) is 7.98. The van der Waals surface area contributed by atoms with Gasteiger partial charge in [-0.15, -0.1) is 0 Å². The van der Waals surface area contributed by atoms with Gasteiger partial charge in [-0.3, -0.25) is 0 Å². The van der Waals surface area contributed by atoms with Crippen LogP contribution in [-0.2, 0) is 16.4 Å². The lowest BCUT2D eigenvalue weighted by molar-refractivity contribution is 0.511. The molecule has 0 atom stereocenters. The molecule has 1 N–H and O–H groups in total. The number of hydrogen-bond acceptors (Lipinski definition) is 4. The van der Waals surface area contributed by atoms with Crippen molar-refractivity contribution in [2.45, 2.75) is 12.6 Å². The van der Waals surface area contributed by atoms with Gasteiger partial charge in [-0.1, -0.05) is 6.07 Å². The van der Waals surface area contributed by atoms with Crippen LogP contribution in [0, 0.1) is 0 Å². The van der Waals surface area contributed by atoms with E-state index >= 15 is 0 Å². The number of hydrogen-bond donors (Lipinski definition) is 1. The minimum Gasteiger partial charge on any atom is -0.308 e. The van der Waals surface area contributed by atoms with Gasteiger partial charge in [0.05, 0.1) is 11.5 Å². The molecule has 0 radical (unpaired) electrons. The Labute approximate surface area is 97.1 Å². The van der Waals surface area contributed by atoms with Crippen molar-refractivity contribution in [3.63, 3.8) is 0 Å². The van der Waals surface area contributed by atoms with Crippen LogP contribution in [-0.4, -0.2) is 30.9 Å². The number of pyridine rings is 1. The van der Waals surface area contributed by atoms with Gasteiger partial charge in [0.25, 0.3) is 0 Å². The zero-order chi connectivity index (χ0) is 10.9. The highest BCUT2D eigenvalue weighted by molar-refractivity contribution is 9.10. The molecule has 0 unspecified atom stereocenters. The molecule has 2 heterocycles. The largest absolute Gasteiger partial charge is 0.308 e.